The average molecular weight is 393 g/mol. The zero-order valence-corrected chi connectivity index (χ0v) is 15.9. The van der Waals surface area contributed by atoms with Gasteiger partial charge in [0.2, 0.25) is 0 Å². The van der Waals surface area contributed by atoms with Crippen molar-refractivity contribution in [3.8, 4) is 11.5 Å². The molecular formula is C23H20FNO4. The zero-order valence-electron chi connectivity index (χ0n) is 15.9. The Morgan fingerprint density at radius 3 is 1.90 bits per heavy atom. The zero-order chi connectivity index (χ0) is 20.6. The molecule has 3 aromatic carbocycles. The molecule has 0 bridgehead atoms. The standard InChI is InChI=1S/C23H20FNO4/c1-2-28-20-13-9-19(10-14-20)25-22(26)15-29-21-11-5-17(6-12-21)23(27)16-3-7-18(24)8-4-16/h3-14H,2,15H2,1H3,(H,25,26). The molecule has 1 amide bonds. The van der Waals surface area contributed by atoms with Crippen LogP contribution in [0.15, 0.2) is 72.8 Å². The molecule has 0 aliphatic carbocycles. The van der Waals surface area contributed by atoms with Gasteiger partial charge in [-0.25, -0.2) is 4.39 Å². The fourth-order valence-electron chi connectivity index (χ4n) is 2.62. The lowest BCUT2D eigenvalue weighted by atomic mass is 10.0. The summed E-state index contributed by atoms with van der Waals surface area (Å²) < 4.78 is 23.8. The summed E-state index contributed by atoms with van der Waals surface area (Å²) >= 11 is 0. The number of rotatable bonds is 8. The molecule has 0 atom stereocenters. The number of ketones is 1. The Morgan fingerprint density at radius 2 is 1.31 bits per heavy atom. The van der Waals surface area contributed by atoms with E-state index in [9.17, 15) is 14.0 Å². The summed E-state index contributed by atoms with van der Waals surface area (Å²) in [5, 5.41) is 2.73. The van der Waals surface area contributed by atoms with Gasteiger partial charge in [-0.05, 0) is 79.7 Å². The Balaban J connectivity index is 1.52. The lowest BCUT2D eigenvalue weighted by molar-refractivity contribution is -0.118. The van der Waals surface area contributed by atoms with Crippen LogP contribution in [0.5, 0.6) is 11.5 Å². The van der Waals surface area contributed by atoms with Crippen molar-refractivity contribution in [1.29, 1.82) is 0 Å². The lowest BCUT2D eigenvalue weighted by Crippen LogP contribution is -2.20. The summed E-state index contributed by atoms with van der Waals surface area (Å²) in [4.78, 5) is 24.4. The van der Waals surface area contributed by atoms with Crippen LogP contribution in [0.3, 0.4) is 0 Å². The molecule has 0 aliphatic heterocycles. The number of halogens is 1. The van der Waals surface area contributed by atoms with Gasteiger partial charge < -0.3 is 14.8 Å². The van der Waals surface area contributed by atoms with E-state index in [0.29, 0.717) is 29.2 Å². The number of ether oxygens (including phenoxy) is 2. The number of nitrogens with one attached hydrogen (secondary N) is 1. The Hall–Kier alpha value is -3.67. The van der Waals surface area contributed by atoms with Gasteiger partial charge in [0.05, 0.1) is 6.61 Å². The number of benzene rings is 3. The van der Waals surface area contributed by atoms with Crippen molar-refractivity contribution in [3.63, 3.8) is 0 Å². The Labute approximate surface area is 168 Å². The monoisotopic (exact) mass is 393 g/mol. The summed E-state index contributed by atoms with van der Waals surface area (Å²) in [5.74, 6) is 0.277. The van der Waals surface area contributed by atoms with E-state index >= 15 is 0 Å². The van der Waals surface area contributed by atoms with Gasteiger partial charge in [0.1, 0.15) is 17.3 Å². The van der Waals surface area contributed by atoms with Crippen LogP contribution in [0, 0.1) is 5.82 Å². The van der Waals surface area contributed by atoms with Gasteiger partial charge in [-0.15, -0.1) is 0 Å². The molecular weight excluding hydrogens is 373 g/mol. The highest BCUT2D eigenvalue weighted by molar-refractivity contribution is 6.09. The summed E-state index contributed by atoms with van der Waals surface area (Å²) in [6, 6.07) is 18.8. The van der Waals surface area contributed by atoms with E-state index in [-0.39, 0.29) is 18.3 Å². The number of hydrogen-bond acceptors (Lipinski definition) is 4. The summed E-state index contributed by atoms with van der Waals surface area (Å²) in [6.45, 7) is 2.31. The molecule has 0 saturated carbocycles. The van der Waals surface area contributed by atoms with E-state index < -0.39 is 5.82 Å². The third-order valence-corrected chi connectivity index (χ3v) is 4.04. The smallest absolute Gasteiger partial charge is 0.262 e. The van der Waals surface area contributed by atoms with Crippen LogP contribution in [0.25, 0.3) is 0 Å². The van der Waals surface area contributed by atoms with Crippen molar-refractivity contribution in [2.24, 2.45) is 0 Å². The Bertz CT molecular complexity index is 967. The normalized spacial score (nSPS) is 10.3. The highest BCUT2D eigenvalue weighted by Gasteiger charge is 2.10. The maximum atomic E-state index is 13.0. The van der Waals surface area contributed by atoms with Crippen LogP contribution in [0.1, 0.15) is 22.8 Å². The maximum Gasteiger partial charge on any atom is 0.262 e. The van der Waals surface area contributed by atoms with Gasteiger partial charge in [-0.2, -0.15) is 0 Å². The predicted octanol–water partition coefficient (Wildman–Crippen LogP) is 4.47. The van der Waals surface area contributed by atoms with Gasteiger partial charge in [0.15, 0.2) is 12.4 Å². The van der Waals surface area contributed by atoms with Gasteiger partial charge in [-0.1, -0.05) is 0 Å². The van der Waals surface area contributed by atoms with Crippen LogP contribution >= 0.6 is 0 Å². The van der Waals surface area contributed by atoms with Crippen molar-refractivity contribution >= 4 is 17.4 Å². The van der Waals surface area contributed by atoms with Gasteiger partial charge in [0, 0.05) is 16.8 Å². The van der Waals surface area contributed by atoms with Crippen molar-refractivity contribution in [2.45, 2.75) is 6.92 Å². The second-order valence-corrected chi connectivity index (χ2v) is 6.15. The first kappa shape index (κ1) is 20.1. The fourth-order valence-corrected chi connectivity index (χ4v) is 2.62. The predicted molar refractivity (Wildman–Crippen MR) is 108 cm³/mol. The summed E-state index contributed by atoms with van der Waals surface area (Å²) in [5.41, 5.74) is 1.49. The highest BCUT2D eigenvalue weighted by atomic mass is 19.1. The number of carbonyl (C=O) groups excluding carboxylic acids is 2. The quantitative estimate of drug-likeness (QED) is 0.574. The average Bonchev–Trinajstić information content (AvgIpc) is 2.74. The minimum atomic E-state index is -0.395. The fraction of sp³-hybridized carbons (Fsp3) is 0.130. The third-order valence-electron chi connectivity index (χ3n) is 4.04. The highest BCUT2D eigenvalue weighted by Crippen LogP contribution is 2.17. The van der Waals surface area contributed by atoms with Crippen molar-refractivity contribution in [2.75, 3.05) is 18.5 Å². The molecule has 0 fully saturated rings. The lowest BCUT2D eigenvalue weighted by Gasteiger charge is -2.09. The summed E-state index contributed by atoms with van der Waals surface area (Å²) in [7, 11) is 0. The molecule has 0 spiro atoms. The van der Waals surface area contributed by atoms with Gasteiger partial charge in [0.25, 0.3) is 5.91 Å². The van der Waals surface area contributed by atoms with E-state index in [4.69, 9.17) is 9.47 Å². The minimum Gasteiger partial charge on any atom is -0.494 e. The van der Waals surface area contributed by atoms with Gasteiger partial charge >= 0.3 is 0 Å². The van der Waals surface area contributed by atoms with E-state index in [1.54, 1.807) is 48.5 Å². The molecule has 0 heterocycles. The van der Waals surface area contributed by atoms with Crippen LogP contribution < -0.4 is 14.8 Å². The molecule has 0 aliphatic rings. The first-order valence-electron chi connectivity index (χ1n) is 9.11. The van der Waals surface area contributed by atoms with Crippen molar-refractivity contribution in [3.05, 3.63) is 89.7 Å². The number of carbonyl (C=O) groups is 2. The first-order chi connectivity index (χ1) is 14.0. The molecule has 0 radical (unpaired) electrons. The van der Waals surface area contributed by atoms with Crippen molar-refractivity contribution in [1.82, 2.24) is 0 Å². The van der Waals surface area contributed by atoms with Crippen LogP contribution in [-0.2, 0) is 4.79 Å². The van der Waals surface area contributed by atoms with E-state index in [2.05, 4.69) is 5.32 Å². The molecule has 29 heavy (non-hydrogen) atoms. The van der Waals surface area contributed by atoms with Crippen LogP contribution in [0.4, 0.5) is 10.1 Å². The van der Waals surface area contributed by atoms with Crippen molar-refractivity contribution < 1.29 is 23.5 Å². The van der Waals surface area contributed by atoms with Crippen LogP contribution in [0.2, 0.25) is 0 Å². The van der Waals surface area contributed by atoms with Crippen LogP contribution in [-0.4, -0.2) is 24.9 Å². The molecule has 1 N–H and O–H groups in total. The second-order valence-electron chi connectivity index (χ2n) is 6.15. The number of amides is 1. The molecule has 6 heteroatoms. The summed E-state index contributed by atoms with van der Waals surface area (Å²) in [6.07, 6.45) is 0. The number of anilines is 1. The molecule has 0 aromatic heterocycles. The molecule has 3 rings (SSSR count). The minimum absolute atomic E-state index is 0.168. The molecule has 0 unspecified atom stereocenters. The first-order valence-corrected chi connectivity index (χ1v) is 9.11. The molecule has 5 nitrogen and oxygen atoms in total. The topological polar surface area (TPSA) is 64.6 Å². The van der Waals surface area contributed by atoms with E-state index in [1.165, 1.54) is 24.3 Å². The SMILES string of the molecule is CCOc1ccc(NC(=O)COc2ccc(C(=O)c3ccc(F)cc3)cc2)cc1. The molecule has 0 saturated heterocycles. The molecule has 3 aromatic rings. The largest absolute Gasteiger partial charge is 0.494 e. The second kappa shape index (κ2) is 9.50. The third kappa shape index (κ3) is 5.65. The van der Waals surface area contributed by atoms with E-state index in [0.717, 1.165) is 5.75 Å². The maximum absolute atomic E-state index is 13.0. The Morgan fingerprint density at radius 1 is 0.793 bits per heavy atom. The molecule has 148 valence electrons. The Kier molecular flexibility index (Phi) is 6.58. The number of hydrogen-bond donors (Lipinski definition) is 1. The van der Waals surface area contributed by atoms with E-state index in [1.807, 2.05) is 6.92 Å². The van der Waals surface area contributed by atoms with Gasteiger partial charge in [-0.3, -0.25) is 9.59 Å².